The normalized spacial score (nSPS) is 18.5. The molecule has 2 fully saturated rings. The van der Waals surface area contributed by atoms with Crippen LogP contribution in [0.4, 0.5) is 5.69 Å². The van der Waals surface area contributed by atoms with Crippen LogP contribution in [-0.4, -0.2) is 64.8 Å². The average molecular weight is 429 g/mol. The first-order chi connectivity index (χ1) is 14.5. The van der Waals surface area contributed by atoms with Gasteiger partial charge in [-0.3, -0.25) is 4.68 Å². The number of aryl methyl sites for hydroxylation is 1. The predicted octanol–water partition coefficient (Wildman–Crippen LogP) is 1.81. The van der Waals surface area contributed by atoms with E-state index in [2.05, 4.69) is 26.0 Å². The maximum Gasteiger partial charge on any atom is 0.246 e. The fourth-order valence-electron chi connectivity index (χ4n) is 3.83. The number of benzene rings is 1. The van der Waals surface area contributed by atoms with E-state index in [1.54, 1.807) is 7.05 Å². The summed E-state index contributed by atoms with van der Waals surface area (Å²) < 4.78 is 34.7. The molecule has 9 nitrogen and oxygen atoms in total. The summed E-state index contributed by atoms with van der Waals surface area (Å²) in [7, 11) is -1.80. The van der Waals surface area contributed by atoms with E-state index in [1.165, 1.54) is 34.1 Å². The van der Waals surface area contributed by atoms with Crippen molar-refractivity contribution in [2.24, 2.45) is 7.05 Å². The lowest BCUT2D eigenvalue weighted by molar-refractivity contribution is 0.116. The van der Waals surface area contributed by atoms with E-state index in [-0.39, 0.29) is 11.0 Å². The van der Waals surface area contributed by atoms with Crippen molar-refractivity contribution in [1.82, 2.24) is 24.1 Å². The zero-order chi connectivity index (χ0) is 20.7. The SMILES string of the molecule is Cn1cc(S(=O)(=O)N2CCN(c3ccc4ncnc(OC5CCC5)c4c3)CC2)cn1. The highest BCUT2D eigenvalue weighted by molar-refractivity contribution is 7.89. The van der Waals surface area contributed by atoms with Crippen molar-refractivity contribution >= 4 is 26.6 Å². The van der Waals surface area contributed by atoms with Gasteiger partial charge >= 0.3 is 0 Å². The minimum absolute atomic E-state index is 0.235. The lowest BCUT2D eigenvalue weighted by atomic mass is 9.96. The highest BCUT2D eigenvalue weighted by atomic mass is 32.2. The Morgan fingerprint density at radius 3 is 2.57 bits per heavy atom. The molecule has 0 unspecified atom stereocenters. The van der Waals surface area contributed by atoms with E-state index in [0.717, 1.165) is 29.4 Å². The highest BCUT2D eigenvalue weighted by Crippen LogP contribution is 2.31. The third-order valence-electron chi connectivity index (χ3n) is 5.84. The number of hydrogen-bond acceptors (Lipinski definition) is 7. The van der Waals surface area contributed by atoms with Crippen molar-refractivity contribution in [2.45, 2.75) is 30.3 Å². The zero-order valence-corrected chi connectivity index (χ0v) is 17.6. The van der Waals surface area contributed by atoms with E-state index in [9.17, 15) is 8.42 Å². The van der Waals surface area contributed by atoms with E-state index in [0.29, 0.717) is 32.1 Å². The molecule has 1 aliphatic carbocycles. The Kier molecular flexibility index (Phi) is 4.82. The number of aromatic nitrogens is 4. The number of hydrogen-bond donors (Lipinski definition) is 0. The molecular formula is C20H24N6O3S. The lowest BCUT2D eigenvalue weighted by Crippen LogP contribution is -2.48. The number of anilines is 1. The first kappa shape index (κ1) is 19.3. The van der Waals surface area contributed by atoms with Crippen LogP contribution in [0.2, 0.25) is 0 Å². The summed E-state index contributed by atoms with van der Waals surface area (Å²) in [5, 5.41) is 4.88. The quantitative estimate of drug-likeness (QED) is 0.612. The van der Waals surface area contributed by atoms with Crippen LogP contribution in [0.1, 0.15) is 19.3 Å². The zero-order valence-electron chi connectivity index (χ0n) is 16.8. The van der Waals surface area contributed by atoms with Crippen LogP contribution in [0.3, 0.4) is 0 Å². The Morgan fingerprint density at radius 1 is 1.10 bits per heavy atom. The number of sulfonamides is 1. The highest BCUT2D eigenvalue weighted by Gasteiger charge is 2.30. The van der Waals surface area contributed by atoms with E-state index in [4.69, 9.17) is 4.74 Å². The van der Waals surface area contributed by atoms with Gasteiger partial charge in [0, 0.05) is 45.1 Å². The average Bonchev–Trinajstić information content (AvgIpc) is 3.18. The van der Waals surface area contributed by atoms with Crippen LogP contribution >= 0.6 is 0 Å². The van der Waals surface area contributed by atoms with Crippen molar-refractivity contribution in [3.63, 3.8) is 0 Å². The molecule has 0 spiro atoms. The van der Waals surface area contributed by atoms with Gasteiger partial charge in [0.25, 0.3) is 0 Å². The van der Waals surface area contributed by atoms with Gasteiger partial charge in [0.15, 0.2) is 0 Å². The monoisotopic (exact) mass is 428 g/mol. The van der Waals surface area contributed by atoms with Crippen LogP contribution < -0.4 is 9.64 Å². The summed E-state index contributed by atoms with van der Waals surface area (Å²) in [5.41, 5.74) is 1.87. The molecule has 2 aliphatic rings. The van der Waals surface area contributed by atoms with Gasteiger partial charge in [-0.05, 0) is 37.5 Å². The second-order valence-electron chi connectivity index (χ2n) is 7.79. The molecule has 158 valence electrons. The predicted molar refractivity (Wildman–Crippen MR) is 112 cm³/mol. The summed E-state index contributed by atoms with van der Waals surface area (Å²) in [6.07, 6.45) is 8.05. The molecule has 1 aromatic carbocycles. The third kappa shape index (κ3) is 3.50. The molecule has 30 heavy (non-hydrogen) atoms. The summed E-state index contributed by atoms with van der Waals surface area (Å²) in [4.78, 5) is 11.1. The van der Waals surface area contributed by atoms with Crippen molar-refractivity contribution in [3.05, 3.63) is 36.9 Å². The number of piperazine rings is 1. The maximum absolute atomic E-state index is 12.8. The van der Waals surface area contributed by atoms with Crippen LogP contribution in [0.5, 0.6) is 5.88 Å². The molecule has 1 saturated carbocycles. The molecule has 10 heteroatoms. The fraction of sp³-hybridized carbons (Fsp3) is 0.450. The Balaban J connectivity index is 1.34. The molecule has 5 rings (SSSR count). The molecule has 2 aromatic heterocycles. The van der Waals surface area contributed by atoms with Gasteiger partial charge in [0.2, 0.25) is 15.9 Å². The van der Waals surface area contributed by atoms with Gasteiger partial charge < -0.3 is 9.64 Å². The largest absolute Gasteiger partial charge is 0.474 e. The fourth-order valence-corrected chi connectivity index (χ4v) is 5.23. The Labute approximate surface area is 175 Å². The Bertz CT molecular complexity index is 1170. The van der Waals surface area contributed by atoms with Crippen LogP contribution in [0.15, 0.2) is 41.8 Å². The van der Waals surface area contributed by atoms with Gasteiger partial charge in [-0.2, -0.15) is 9.40 Å². The molecule has 0 N–H and O–H groups in total. The van der Waals surface area contributed by atoms with Crippen molar-refractivity contribution < 1.29 is 13.2 Å². The first-order valence-corrected chi connectivity index (χ1v) is 11.6. The van der Waals surface area contributed by atoms with E-state index >= 15 is 0 Å². The van der Waals surface area contributed by atoms with E-state index in [1.807, 2.05) is 12.1 Å². The lowest BCUT2D eigenvalue weighted by Gasteiger charge is -2.35. The van der Waals surface area contributed by atoms with Crippen molar-refractivity contribution in [1.29, 1.82) is 0 Å². The minimum atomic E-state index is -3.51. The van der Waals surface area contributed by atoms with Gasteiger partial charge in [-0.25, -0.2) is 18.4 Å². The maximum atomic E-state index is 12.8. The van der Waals surface area contributed by atoms with Crippen LogP contribution in [0, 0.1) is 0 Å². The van der Waals surface area contributed by atoms with Gasteiger partial charge in [-0.15, -0.1) is 0 Å². The first-order valence-electron chi connectivity index (χ1n) is 10.2. The standard InChI is InChI=1S/C20H24N6O3S/c1-24-13-17(12-23-24)30(27,28)26-9-7-25(8-10-26)15-5-6-19-18(11-15)20(22-14-21-19)29-16-3-2-4-16/h5-6,11-14,16H,2-4,7-10H2,1H3. The summed E-state index contributed by atoms with van der Waals surface area (Å²) in [6, 6.07) is 6.04. The molecule has 3 aromatic rings. The van der Waals surface area contributed by atoms with Crippen molar-refractivity contribution in [3.8, 4) is 5.88 Å². The summed E-state index contributed by atoms with van der Waals surface area (Å²) >= 11 is 0. The molecule has 3 heterocycles. The Hall–Kier alpha value is -2.72. The second-order valence-corrected chi connectivity index (χ2v) is 9.73. The van der Waals surface area contributed by atoms with E-state index < -0.39 is 10.0 Å². The van der Waals surface area contributed by atoms with Gasteiger partial charge in [0.05, 0.1) is 17.1 Å². The van der Waals surface area contributed by atoms with Crippen LogP contribution in [-0.2, 0) is 17.1 Å². The topological polar surface area (TPSA) is 93.5 Å². The smallest absolute Gasteiger partial charge is 0.246 e. The molecule has 0 radical (unpaired) electrons. The molecule has 1 aliphatic heterocycles. The molecule has 1 saturated heterocycles. The molecule has 0 bridgehead atoms. The number of fused-ring (bicyclic) bond motifs is 1. The number of nitrogens with zero attached hydrogens (tertiary/aromatic N) is 6. The Morgan fingerprint density at radius 2 is 1.90 bits per heavy atom. The minimum Gasteiger partial charge on any atom is -0.474 e. The summed E-state index contributed by atoms with van der Waals surface area (Å²) in [6.45, 7) is 2.06. The molecule has 0 amide bonds. The summed E-state index contributed by atoms with van der Waals surface area (Å²) in [5.74, 6) is 0.629. The van der Waals surface area contributed by atoms with Crippen LogP contribution in [0.25, 0.3) is 10.9 Å². The third-order valence-corrected chi connectivity index (χ3v) is 7.69. The van der Waals surface area contributed by atoms with Crippen molar-refractivity contribution in [2.75, 3.05) is 31.1 Å². The molecule has 0 atom stereocenters. The number of ether oxygens (including phenoxy) is 1. The number of rotatable bonds is 5. The van der Waals surface area contributed by atoms with Gasteiger partial charge in [0.1, 0.15) is 17.3 Å². The van der Waals surface area contributed by atoms with Gasteiger partial charge in [-0.1, -0.05) is 0 Å². The second kappa shape index (κ2) is 7.51. The molecular weight excluding hydrogens is 404 g/mol.